The van der Waals surface area contributed by atoms with Crippen molar-refractivity contribution in [1.82, 2.24) is 42.5 Å². The van der Waals surface area contributed by atoms with E-state index in [4.69, 9.17) is 26.7 Å². The van der Waals surface area contributed by atoms with Crippen molar-refractivity contribution in [2.45, 2.75) is 147 Å². The van der Waals surface area contributed by atoms with Gasteiger partial charge in [-0.25, -0.2) is 14.4 Å². The first-order valence-electron chi connectivity index (χ1n) is 29.3. The zero-order chi connectivity index (χ0) is 66.6. The first-order chi connectivity index (χ1) is 42.6. The highest BCUT2D eigenvalue weighted by Gasteiger charge is 2.34. The number of nitrogens with one attached hydrogen (secondary N) is 8. The maximum atomic E-state index is 14.0. The van der Waals surface area contributed by atoms with Crippen LogP contribution in [0.15, 0.2) is 109 Å². The van der Waals surface area contributed by atoms with Crippen LogP contribution in [0.3, 0.4) is 0 Å². The summed E-state index contributed by atoms with van der Waals surface area (Å²) >= 11 is 0. The van der Waals surface area contributed by atoms with Crippen molar-refractivity contribution in [2.24, 2.45) is 29.0 Å². The van der Waals surface area contributed by atoms with Crippen LogP contribution in [0.5, 0.6) is 11.5 Å². The number of benzene rings is 4. The summed E-state index contributed by atoms with van der Waals surface area (Å²) in [6, 6.07) is 17.7. The first kappa shape index (κ1) is 72.9. The second-order valence-corrected chi connectivity index (χ2v) is 22.5. The van der Waals surface area contributed by atoms with Crippen LogP contribution in [-0.2, 0) is 92.7 Å². The lowest BCUT2D eigenvalue weighted by Crippen LogP contribution is -2.55. The van der Waals surface area contributed by atoms with Gasteiger partial charge in [-0.2, -0.15) is 0 Å². The number of carbonyl (C=O) groups excluding carboxylic acids is 12. The van der Waals surface area contributed by atoms with Gasteiger partial charge in [0.25, 0.3) is 0 Å². The standard InChI is InChI=1S/C63H83N11O16/c1-35(2)27-50(73-59(84)48(31-39-13-9-7-10-14-39)71-52(77)33-67-55(80)37(5)69-57(82)46(65)29-41-17-21-43(75)22-18-41)62(87)89-54(79)26-25-45(64)61(86)90-63(88)51(28-36(3)4)74-60(85)49(32-40-15-11-8-12-16-40)72-53(78)34-68-56(81)38(6)70-58(83)47(66)30-42-19-23-44(76)24-20-42/h7-24,35-38,45-51,75-76H,25-34,64-66H2,1-6H3,(H,67,80)(H,68,81)(H,69,82)(H,70,83)(H,71,77)(H,72,78)(H,73,84)(H,74,85)/t37-,38-,45?,46?,47?,48?,49?,50?,51?/m1/s1. The number of phenols is 2. The molecular formula is C63H83N11O16. The Kier molecular flexibility index (Phi) is 29.7. The second-order valence-electron chi connectivity index (χ2n) is 22.5. The summed E-state index contributed by atoms with van der Waals surface area (Å²) in [5.41, 5.74) is 20.7. The van der Waals surface area contributed by atoms with Crippen LogP contribution in [0.1, 0.15) is 89.5 Å². The molecule has 0 heterocycles. The molecule has 27 heteroatoms. The van der Waals surface area contributed by atoms with E-state index in [2.05, 4.69) is 42.5 Å². The Bertz CT molecular complexity index is 3100. The average molecular weight is 1250 g/mol. The number of hydrogen-bond donors (Lipinski definition) is 13. The lowest BCUT2D eigenvalue weighted by Gasteiger charge is -2.24. The summed E-state index contributed by atoms with van der Waals surface area (Å²) in [7, 11) is 0. The molecule has 0 aliphatic carbocycles. The fraction of sp³-hybridized carbons (Fsp3) is 0.429. The third kappa shape index (κ3) is 26.4. The Morgan fingerprint density at radius 1 is 0.389 bits per heavy atom. The topological polar surface area (TPSA) is 438 Å². The summed E-state index contributed by atoms with van der Waals surface area (Å²) in [5, 5.41) is 39.0. The van der Waals surface area contributed by atoms with Gasteiger partial charge >= 0.3 is 23.9 Å². The number of nitrogens with two attached hydrogens (primary N) is 3. The van der Waals surface area contributed by atoms with Crippen molar-refractivity contribution in [3.05, 3.63) is 131 Å². The zero-order valence-electron chi connectivity index (χ0n) is 51.2. The van der Waals surface area contributed by atoms with Gasteiger partial charge in [-0.05, 0) is 104 Å². The smallest absolute Gasteiger partial charge is 0.336 e. The number of esters is 4. The van der Waals surface area contributed by atoms with Gasteiger partial charge in [0.1, 0.15) is 53.8 Å². The predicted molar refractivity (Wildman–Crippen MR) is 327 cm³/mol. The highest BCUT2D eigenvalue weighted by atomic mass is 16.6. The maximum absolute atomic E-state index is 14.0. The number of hydrogen-bond acceptors (Lipinski definition) is 19. The molecule has 0 saturated carbocycles. The number of aromatic hydroxyl groups is 2. The molecule has 27 nitrogen and oxygen atoms in total. The number of carbonyl (C=O) groups is 12. The number of amides is 8. The monoisotopic (exact) mass is 1250 g/mol. The van der Waals surface area contributed by atoms with Gasteiger partial charge in [-0.15, -0.1) is 0 Å². The molecule has 486 valence electrons. The Morgan fingerprint density at radius 2 is 0.744 bits per heavy atom. The van der Waals surface area contributed by atoms with Gasteiger partial charge in [-0.1, -0.05) is 113 Å². The fourth-order valence-corrected chi connectivity index (χ4v) is 8.77. The van der Waals surface area contributed by atoms with Crippen LogP contribution >= 0.6 is 0 Å². The maximum Gasteiger partial charge on any atom is 0.336 e. The van der Waals surface area contributed by atoms with Crippen molar-refractivity contribution in [1.29, 1.82) is 0 Å². The molecule has 90 heavy (non-hydrogen) atoms. The minimum atomic E-state index is -1.63. The molecule has 0 saturated heterocycles. The molecule has 7 unspecified atom stereocenters. The van der Waals surface area contributed by atoms with Crippen LogP contribution < -0.4 is 59.7 Å². The van der Waals surface area contributed by atoms with E-state index >= 15 is 0 Å². The van der Waals surface area contributed by atoms with E-state index in [0.717, 1.165) is 0 Å². The van der Waals surface area contributed by atoms with E-state index in [0.29, 0.717) is 22.3 Å². The third-order valence-corrected chi connectivity index (χ3v) is 13.7. The molecule has 0 aliphatic heterocycles. The summed E-state index contributed by atoms with van der Waals surface area (Å²) in [4.78, 5) is 159. The van der Waals surface area contributed by atoms with Crippen molar-refractivity contribution >= 4 is 71.1 Å². The van der Waals surface area contributed by atoms with Gasteiger partial charge in [0.2, 0.25) is 47.3 Å². The summed E-state index contributed by atoms with van der Waals surface area (Å²) in [6.45, 7) is 8.42. The first-order valence-corrected chi connectivity index (χ1v) is 29.3. The highest BCUT2D eigenvalue weighted by Crippen LogP contribution is 2.15. The Balaban J connectivity index is 1.31. The number of rotatable bonds is 34. The summed E-state index contributed by atoms with van der Waals surface area (Å²) in [5.74, 6) is -11.4. The van der Waals surface area contributed by atoms with Crippen LogP contribution in [0.2, 0.25) is 0 Å². The minimum absolute atomic E-state index is 0.0365. The molecule has 4 aromatic rings. The molecule has 4 aromatic carbocycles. The highest BCUT2D eigenvalue weighted by molar-refractivity contribution is 5.98. The quantitative estimate of drug-likeness (QED) is 0.0208. The van der Waals surface area contributed by atoms with Gasteiger partial charge in [0, 0.05) is 19.3 Å². The van der Waals surface area contributed by atoms with E-state index < -0.39 is 151 Å². The third-order valence-electron chi connectivity index (χ3n) is 13.7. The summed E-state index contributed by atoms with van der Waals surface area (Å²) < 4.78 is 10.2. The van der Waals surface area contributed by atoms with Crippen LogP contribution in [0, 0.1) is 11.8 Å². The molecule has 0 fully saturated rings. The molecule has 0 aromatic heterocycles. The molecule has 9 atom stereocenters. The lowest BCUT2D eigenvalue weighted by atomic mass is 10.0. The second kappa shape index (κ2) is 36.6. The minimum Gasteiger partial charge on any atom is -0.508 e. The number of ether oxygens (including phenoxy) is 2. The lowest BCUT2D eigenvalue weighted by molar-refractivity contribution is -0.163. The van der Waals surface area contributed by atoms with E-state index in [1.165, 1.54) is 38.1 Å². The molecule has 4 rings (SSSR count). The SMILES string of the molecule is CC(C)CC(NC(=O)C(Cc1ccccc1)NC(=O)CNC(=O)[C@@H](C)NC(=O)C(N)Cc1ccc(O)cc1)C(=O)OC(=O)CCC(N)C(=O)OC(=O)C(CC(C)C)NC(=O)C(Cc1ccccc1)NC(=O)CNC(=O)[C@@H](C)NC(=O)C(N)Cc1ccc(O)cc1. The van der Waals surface area contributed by atoms with E-state index in [-0.39, 0.29) is 61.9 Å². The van der Waals surface area contributed by atoms with E-state index in [1.54, 1.807) is 113 Å². The van der Waals surface area contributed by atoms with Crippen molar-refractivity contribution < 1.29 is 77.2 Å². The molecular weight excluding hydrogens is 1170 g/mol. The zero-order valence-corrected chi connectivity index (χ0v) is 51.2. The van der Waals surface area contributed by atoms with Crippen LogP contribution in [0.25, 0.3) is 0 Å². The van der Waals surface area contributed by atoms with Gasteiger partial charge in [0.15, 0.2) is 0 Å². The Morgan fingerprint density at radius 3 is 1.11 bits per heavy atom. The Hall–Kier alpha value is -9.60. The van der Waals surface area contributed by atoms with Crippen molar-refractivity contribution in [3.63, 3.8) is 0 Å². The molecule has 16 N–H and O–H groups in total. The predicted octanol–water partition coefficient (Wildman–Crippen LogP) is -0.457. The van der Waals surface area contributed by atoms with Gasteiger partial charge < -0.3 is 79.4 Å². The molecule has 8 amide bonds. The number of phenolic OH excluding ortho intramolecular Hbond substituents is 2. The fourth-order valence-electron chi connectivity index (χ4n) is 8.77. The Labute approximate surface area is 521 Å². The van der Waals surface area contributed by atoms with Gasteiger partial charge in [0.05, 0.1) is 25.2 Å². The molecule has 0 bridgehead atoms. The van der Waals surface area contributed by atoms with E-state index in [9.17, 15) is 67.7 Å². The van der Waals surface area contributed by atoms with Crippen LogP contribution in [-0.4, -0.2) is 149 Å². The normalized spacial score (nSPS) is 14.0. The van der Waals surface area contributed by atoms with Crippen molar-refractivity contribution in [3.8, 4) is 11.5 Å². The molecule has 0 spiro atoms. The molecule has 0 aliphatic rings. The van der Waals surface area contributed by atoms with Crippen molar-refractivity contribution in [2.75, 3.05) is 13.1 Å². The summed E-state index contributed by atoms with van der Waals surface area (Å²) in [6.07, 6.45) is -1.18. The molecule has 0 radical (unpaired) electrons. The average Bonchev–Trinajstić information content (AvgIpc) is 2.99. The van der Waals surface area contributed by atoms with Gasteiger partial charge in [-0.3, -0.25) is 43.2 Å². The van der Waals surface area contributed by atoms with Crippen LogP contribution in [0.4, 0.5) is 0 Å². The van der Waals surface area contributed by atoms with E-state index in [1.807, 2.05) is 0 Å². The largest absolute Gasteiger partial charge is 0.508 e.